The van der Waals surface area contributed by atoms with E-state index in [1.165, 1.54) is 38.3 Å². The maximum atomic E-state index is 6.05. The molecule has 0 aromatic heterocycles. The van der Waals surface area contributed by atoms with Crippen LogP contribution in [0.5, 0.6) is 5.75 Å². The number of rotatable bonds is 6. The van der Waals surface area contributed by atoms with Gasteiger partial charge in [0.25, 0.3) is 0 Å². The van der Waals surface area contributed by atoms with E-state index in [-0.39, 0.29) is 0 Å². The molecular formula is C27H29NOS. The van der Waals surface area contributed by atoms with Crippen molar-refractivity contribution in [2.75, 3.05) is 27.2 Å². The second-order valence-corrected chi connectivity index (χ2v) is 8.85. The average molecular weight is 416 g/mol. The van der Waals surface area contributed by atoms with Crippen LogP contribution in [0.4, 0.5) is 0 Å². The van der Waals surface area contributed by atoms with E-state index in [9.17, 15) is 0 Å². The highest BCUT2D eigenvalue weighted by Gasteiger charge is 2.21. The van der Waals surface area contributed by atoms with Crippen LogP contribution in [-0.2, 0) is 5.75 Å². The molecule has 30 heavy (non-hydrogen) atoms. The predicted octanol–water partition coefficient (Wildman–Crippen LogP) is 6.60. The van der Waals surface area contributed by atoms with Crippen LogP contribution in [0.2, 0.25) is 0 Å². The Morgan fingerprint density at radius 1 is 0.900 bits per heavy atom. The van der Waals surface area contributed by atoms with Crippen LogP contribution in [0.15, 0.2) is 77.7 Å². The van der Waals surface area contributed by atoms with Gasteiger partial charge in [-0.25, -0.2) is 0 Å². The van der Waals surface area contributed by atoms with Crippen molar-refractivity contribution < 1.29 is 4.74 Å². The molecule has 0 fully saturated rings. The molecule has 0 atom stereocenters. The Kier molecular flexibility index (Phi) is 6.61. The van der Waals surface area contributed by atoms with Crippen LogP contribution in [-0.4, -0.2) is 32.1 Å². The zero-order valence-electron chi connectivity index (χ0n) is 18.0. The van der Waals surface area contributed by atoms with Gasteiger partial charge in [0, 0.05) is 17.2 Å². The SMILES string of the molecule is CC/C1=C(\c2ccccc2)c2ccc(OCCN(C)C)cc2SCc2ccccc21. The molecule has 3 aromatic rings. The second-order valence-electron chi connectivity index (χ2n) is 7.83. The van der Waals surface area contributed by atoms with Gasteiger partial charge in [-0.15, -0.1) is 11.8 Å². The standard InChI is InChI=1S/C27H29NOS/c1-4-23-24-13-9-8-12-21(24)19-30-26-18-22(29-17-16-28(2)3)14-15-25(26)27(23)20-10-6-5-7-11-20/h5-15,18H,4,16-17,19H2,1-3H3/b27-23-. The number of benzene rings is 3. The van der Waals surface area contributed by atoms with Gasteiger partial charge in [0.1, 0.15) is 12.4 Å². The summed E-state index contributed by atoms with van der Waals surface area (Å²) in [6.07, 6.45) is 0.992. The highest BCUT2D eigenvalue weighted by atomic mass is 32.2. The lowest BCUT2D eigenvalue weighted by molar-refractivity contribution is 0.261. The number of fused-ring (bicyclic) bond motifs is 2. The van der Waals surface area contributed by atoms with Crippen molar-refractivity contribution in [1.82, 2.24) is 4.90 Å². The summed E-state index contributed by atoms with van der Waals surface area (Å²) >= 11 is 1.91. The molecule has 0 saturated carbocycles. The highest BCUT2D eigenvalue weighted by molar-refractivity contribution is 7.98. The smallest absolute Gasteiger partial charge is 0.120 e. The van der Waals surface area contributed by atoms with Crippen LogP contribution < -0.4 is 4.74 Å². The van der Waals surface area contributed by atoms with Crippen molar-refractivity contribution in [3.63, 3.8) is 0 Å². The van der Waals surface area contributed by atoms with E-state index in [0.717, 1.165) is 24.5 Å². The van der Waals surface area contributed by atoms with Crippen molar-refractivity contribution in [1.29, 1.82) is 0 Å². The van der Waals surface area contributed by atoms with Gasteiger partial charge in [-0.05, 0) is 72.1 Å². The van der Waals surface area contributed by atoms with Crippen molar-refractivity contribution >= 4 is 22.9 Å². The van der Waals surface area contributed by atoms with E-state index in [1.807, 2.05) is 11.8 Å². The Bertz CT molecular complexity index is 1040. The number of ether oxygens (including phenoxy) is 1. The normalized spacial score (nSPS) is 15.9. The molecule has 154 valence electrons. The summed E-state index contributed by atoms with van der Waals surface area (Å²) in [5.41, 5.74) is 8.11. The Hall–Kier alpha value is -2.49. The summed E-state index contributed by atoms with van der Waals surface area (Å²) < 4.78 is 6.05. The lowest BCUT2D eigenvalue weighted by atomic mass is 9.86. The van der Waals surface area contributed by atoms with E-state index >= 15 is 0 Å². The van der Waals surface area contributed by atoms with Gasteiger partial charge in [-0.1, -0.05) is 61.5 Å². The third-order valence-electron chi connectivity index (χ3n) is 5.47. The van der Waals surface area contributed by atoms with Crippen molar-refractivity contribution in [3.8, 4) is 5.75 Å². The minimum Gasteiger partial charge on any atom is -0.492 e. The number of nitrogens with zero attached hydrogens (tertiary/aromatic N) is 1. The van der Waals surface area contributed by atoms with E-state index in [2.05, 4.69) is 98.7 Å². The quantitative estimate of drug-likeness (QED) is 0.450. The first-order chi connectivity index (χ1) is 14.7. The Labute approximate surface area is 184 Å². The number of hydrogen-bond acceptors (Lipinski definition) is 3. The van der Waals surface area contributed by atoms with E-state index in [4.69, 9.17) is 4.74 Å². The van der Waals surface area contributed by atoms with Crippen LogP contribution in [0.1, 0.15) is 35.6 Å². The Morgan fingerprint density at radius 3 is 2.43 bits per heavy atom. The Morgan fingerprint density at radius 2 is 1.67 bits per heavy atom. The van der Waals surface area contributed by atoms with E-state index in [1.54, 1.807) is 0 Å². The third-order valence-corrected chi connectivity index (χ3v) is 6.58. The van der Waals surface area contributed by atoms with Gasteiger partial charge in [-0.2, -0.15) is 0 Å². The van der Waals surface area contributed by atoms with Gasteiger partial charge in [0.2, 0.25) is 0 Å². The first-order valence-electron chi connectivity index (χ1n) is 10.6. The lowest BCUT2D eigenvalue weighted by Crippen LogP contribution is -2.19. The lowest BCUT2D eigenvalue weighted by Gasteiger charge is -2.24. The molecular weight excluding hydrogens is 386 g/mol. The van der Waals surface area contributed by atoms with E-state index in [0.29, 0.717) is 6.61 Å². The van der Waals surface area contributed by atoms with Gasteiger partial charge in [0.05, 0.1) is 0 Å². The summed E-state index contributed by atoms with van der Waals surface area (Å²) in [4.78, 5) is 3.43. The maximum Gasteiger partial charge on any atom is 0.120 e. The summed E-state index contributed by atoms with van der Waals surface area (Å²) in [5, 5.41) is 0. The fourth-order valence-corrected chi connectivity index (χ4v) is 5.05. The van der Waals surface area contributed by atoms with Crippen LogP contribution >= 0.6 is 11.8 Å². The zero-order valence-corrected chi connectivity index (χ0v) is 18.8. The molecule has 0 unspecified atom stereocenters. The summed E-state index contributed by atoms with van der Waals surface area (Å²) in [6, 6.07) is 26.3. The van der Waals surface area contributed by atoms with Gasteiger partial charge >= 0.3 is 0 Å². The molecule has 2 nitrogen and oxygen atoms in total. The number of hydrogen-bond donors (Lipinski definition) is 0. The molecule has 0 amide bonds. The zero-order chi connectivity index (χ0) is 20.9. The van der Waals surface area contributed by atoms with Gasteiger partial charge < -0.3 is 9.64 Å². The highest BCUT2D eigenvalue weighted by Crippen LogP contribution is 2.44. The van der Waals surface area contributed by atoms with Crippen molar-refractivity contribution in [2.24, 2.45) is 0 Å². The minimum absolute atomic E-state index is 0.695. The monoisotopic (exact) mass is 415 g/mol. The van der Waals surface area contributed by atoms with E-state index < -0.39 is 0 Å². The topological polar surface area (TPSA) is 12.5 Å². The first-order valence-corrected chi connectivity index (χ1v) is 11.6. The number of thioether (sulfide) groups is 1. The fraction of sp³-hybridized carbons (Fsp3) is 0.259. The number of allylic oxidation sites excluding steroid dienone is 1. The summed E-state index contributed by atoms with van der Waals surface area (Å²) in [5.74, 6) is 1.91. The summed E-state index contributed by atoms with van der Waals surface area (Å²) in [6.45, 7) is 3.87. The number of likely N-dealkylation sites (N-methyl/N-ethyl adjacent to an activating group) is 1. The minimum atomic E-state index is 0.695. The molecule has 0 bridgehead atoms. The molecule has 0 radical (unpaired) electrons. The molecule has 3 heteroatoms. The molecule has 0 aliphatic carbocycles. The summed E-state index contributed by atoms with van der Waals surface area (Å²) in [7, 11) is 4.14. The molecule has 1 aliphatic heterocycles. The van der Waals surface area contributed by atoms with Crippen LogP contribution in [0.25, 0.3) is 11.1 Å². The predicted molar refractivity (Wildman–Crippen MR) is 129 cm³/mol. The maximum absolute atomic E-state index is 6.05. The fourth-order valence-electron chi connectivity index (χ4n) is 3.96. The van der Waals surface area contributed by atoms with Crippen molar-refractivity contribution in [2.45, 2.75) is 24.0 Å². The van der Waals surface area contributed by atoms with Gasteiger partial charge in [-0.3, -0.25) is 0 Å². The first kappa shape index (κ1) is 20.8. The molecule has 0 saturated heterocycles. The van der Waals surface area contributed by atoms with Gasteiger partial charge in [0.15, 0.2) is 0 Å². The molecule has 4 rings (SSSR count). The third kappa shape index (κ3) is 4.48. The molecule has 0 N–H and O–H groups in total. The Balaban J connectivity index is 1.85. The molecule has 3 aromatic carbocycles. The van der Waals surface area contributed by atoms with Crippen LogP contribution in [0, 0.1) is 0 Å². The molecule has 0 spiro atoms. The van der Waals surface area contributed by atoms with Crippen LogP contribution in [0.3, 0.4) is 0 Å². The molecule has 1 heterocycles. The largest absolute Gasteiger partial charge is 0.492 e. The second kappa shape index (κ2) is 9.55. The van der Waals surface area contributed by atoms with Crippen molar-refractivity contribution in [3.05, 3.63) is 95.1 Å². The molecule has 1 aliphatic rings. The average Bonchev–Trinajstić information content (AvgIpc) is 2.76.